The number of amides is 3. The summed E-state index contributed by atoms with van der Waals surface area (Å²) in [5.41, 5.74) is 0.0913. The van der Waals surface area contributed by atoms with E-state index in [1.807, 2.05) is 20.8 Å². The van der Waals surface area contributed by atoms with Gasteiger partial charge in [-0.05, 0) is 24.2 Å². The highest BCUT2D eigenvalue weighted by Crippen LogP contribution is 2.34. The number of carbonyl (C=O) groups excluding carboxylic acids is 3. The van der Waals surface area contributed by atoms with E-state index in [1.54, 1.807) is 11.4 Å². The number of rotatable bonds is 5. The van der Waals surface area contributed by atoms with Crippen molar-refractivity contribution in [2.75, 3.05) is 19.6 Å². The zero-order valence-electron chi connectivity index (χ0n) is 19.2. The molecule has 0 aromatic rings. The average molecular weight is 450 g/mol. The molecular weight excluding hydrogens is 415 g/mol. The van der Waals surface area contributed by atoms with Gasteiger partial charge in [0, 0.05) is 18.8 Å². The second kappa shape index (κ2) is 13.6. The third-order valence-electron chi connectivity index (χ3n) is 4.23. The zero-order chi connectivity index (χ0) is 25.0. The molecule has 0 aromatic carbocycles. The lowest BCUT2D eigenvalue weighted by Crippen LogP contribution is -2.44. The smallest absolute Gasteiger partial charge is 0.340 e. The lowest BCUT2D eigenvalue weighted by atomic mass is 9.84. The van der Waals surface area contributed by atoms with Crippen LogP contribution in [0.5, 0.6) is 0 Å². The highest BCUT2D eigenvalue weighted by molar-refractivity contribution is 5.88. The molecule has 1 aliphatic rings. The standard InChI is InChI=1S/C11H17F3N2O2.C5H7N3O.C4H10/c1-7-5-16(6-10(7,2)3)8(17)4-15-9(18)11(12,13)14;1-4(7)5(2-6)8-3-9;1-4(2)3/h7H,4-6H2,1-3H3,(H,15,18);3,5,7H,1H3,(H,8,9);4H,1-3H3/t7-;;/m0../s1. The molecule has 8 nitrogen and oxygen atoms in total. The predicted octanol–water partition coefficient (Wildman–Crippen LogP) is 2.50. The molecule has 0 aromatic heterocycles. The second-order valence-corrected chi connectivity index (χ2v) is 8.61. The SMILES string of the molecule is CC(=N)C(C#N)NC=O.CC(C)C.C[C@H]1CN(C(=O)CNC(=O)C(F)(F)F)CC1(C)C. The Morgan fingerprint density at radius 1 is 1.32 bits per heavy atom. The van der Waals surface area contributed by atoms with E-state index in [9.17, 15) is 27.6 Å². The molecule has 1 aliphatic heterocycles. The van der Waals surface area contributed by atoms with Crippen LogP contribution in [-0.2, 0) is 14.4 Å². The van der Waals surface area contributed by atoms with Crippen molar-refractivity contribution in [2.24, 2.45) is 17.3 Å². The Kier molecular flexibility index (Phi) is 13.4. The van der Waals surface area contributed by atoms with Gasteiger partial charge in [-0.3, -0.25) is 14.4 Å². The summed E-state index contributed by atoms with van der Waals surface area (Å²) >= 11 is 0. The maximum atomic E-state index is 11.9. The van der Waals surface area contributed by atoms with Gasteiger partial charge in [-0.2, -0.15) is 18.4 Å². The zero-order valence-corrected chi connectivity index (χ0v) is 19.2. The van der Waals surface area contributed by atoms with Gasteiger partial charge in [0.1, 0.15) is 0 Å². The van der Waals surface area contributed by atoms with E-state index in [2.05, 4.69) is 26.1 Å². The van der Waals surface area contributed by atoms with Gasteiger partial charge >= 0.3 is 12.1 Å². The quantitative estimate of drug-likeness (QED) is 0.440. The molecule has 11 heteroatoms. The minimum atomic E-state index is -4.95. The van der Waals surface area contributed by atoms with Crippen molar-refractivity contribution in [3.05, 3.63) is 0 Å². The highest BCUT2D eigenvalue weighted by Gasteiger charge is 2.41. The van der Waals surface area contributed by atoms with Crippen LogP contribution < -0.4 is 10.6 Å². The van der Waals surface area contributed by atoms with Gasteiger partial charge in [0.05, 0.1) is 12.6 Å². The summed E-state index contributed by atoms with van der Waals surface area (Å²) in [4.78, 5) is 33.4. The molecule has 0 bridgehead atoms. The van der Waals surface area contributed by atoms with Crippen molar-refractivity contribution in [1.82, 2.24) is 15.5 Å². The number of nitrogens with zero attached hydrogens (tertiary/aromatic N) is 2. The summed E-state index contributed by atoms with van der Waals surface area (Å²) in [5.74, 6) is -1.45. The van der Waals surface area contributed by atoms with E-state index in [4.69, 9.17) is 10.7 Å². The number of carbonyl (C=O) groups is 3. The fourth-order valence-corrected chi connectivity index (χ4v) is 2.18. The Morgan fingerprint density at radius 2 is 1.81 bits per heavy atom. The summed E-state index contributed by atoms with van der Waals surface area (Å²) in [6, 6.07) is 0.974. The molecule has 1 saturated heterocycles. The second-order valence-electron chi connectivity index (χ2n) is 8.61. The first-order chi connectivity index (χ1) is 14.0. The van der Waals surface area contributed by atoms with E-state index in [-0.39, 0.29) is 17.0 Å². The van der Waals surface area contributed by atoms with Gasteiger partial charge in [0.15, 0.2) is 6.04 Å². The van der Waals surface area contributed by atoms with Crippen LogP contribution in [0.1, 0.15) is 48.5 Å². The summed E-state index contributed by atoms with van der Waals surface area (Å²) in [6.45, 7) is 14.3. The normalized spacial score (nSPS) is 17.7. The van der Waals surface area contributed by atoms with E-state index in [0.717, 1.165) is 5.92 Å². The van der Waals surface area contributed by atoms with Gasteiger partial charge in [-0.25, -0.2) is 0 Å². The summed E-state index contributed by atoms with van der Waals surface area (Å²) < 4.78 is 35.8. The Balaban J connectivity index is 0. The topological polar surface area (TPSA) is 126 Å². The van der Waals surface area contributed by atoms with Crippen LogP contribution in [0.15, 0.2) is 0 Å². The average Bonchev–Trinajstić information content (AvgIpc) is 2.89. The Bertz CT molecular complexity index is 655. The van der Waals surface area contributed by atoms with E-state index < -0.39 is 30.6 Å². The van der Waals surface area contributed by atoms with Crippen molar-refractivity contribution in [2.45, 2.75) is 60.7 Å². The third kappa shape index (κ3) is 13.3. The third-order valence-corrected chi connectivity index (χ3v) is 4.23. The fourth-order valence-electron chi connectivity index (χ4n) is 2.18. The van der Waals surface area contributed by atoms with Crippen molar-refractivity contribution in [3.8, 4) is 6.07 Å². The minimum absolute atomic E-state index is 0.0519. The van der Waals surface area contributed by atoms with Crippen molar-refractivity contribution in [3.63, 3.8) is 0 Å². The molecule has 1 rings (SSSR count). The molecule has 0 radical (unpaired) electrons. The first-order valence-corrected chi connectivity index (χ1v) is 9.76. The molecule has 0 spiro atoms. The van der Waals surface area contributed by atoms with Crippen LogP contribution in [0.25, 0.3) is 0 Å². The fraction of sp³-hybridized carbons (Fsp3) is 0.750. The molecule has 0 aliphatic carbocycles. The van der Waals surface area contributed by atoms with Crippen molar-refractivity contribution in [1.29, 1.82) is 10.7 Å². The molecule has 178 valence electrons. The number of halogens is 3. The van der Waals surface area contributed by atoms with Gasteiger partial charge in [-0.15, -0.1) is 0 Å². The Hall–Kier alpha value is -2.64. The molecule has 1 heterocycles. The van der Waals surface area contributed by atoms with Crippen LogP contribution in [0.2, 0.25) is 0 Å². The number of alkyl halides is 3. The molecule has 3 N–H and O–H groups in total. The highest BCUT2D eigenvalue weighted by atomic mass is 19.4. The maximum absolute atomic E-state index is 11.9. The predicted molar refractivity (Wildman–Crippen MR) is 111 cm³/mol. The number of nitrogens with one attached hydrogen (secondary N) is 3. The molecule has 31 heavy (non-hydrogen) atoms. The maximum Gasteiger partial charge on any atom is 0.471 e. The van der Waals surface area contributed by atoms with Crippen LogP contribution in [0, 0.1) is 34.0 Å². The number of hydrogen-bond acceptors (Lipinski definition) is 5. The summed E-state index contributed by atoms with van der Waals surface area (Å²) in [6.07, 6.45) is -4.54. The molecule has 0 saturated carbocycles. The van der Waals surface area contributed by atoms with E-state index >= 15 is 0 Å². The van der Waals surface area contributed by atoms with Gasteiger partial charge in [-0.1, -0.05) is 41.5 Å². The van der Waals surface area contributed by atoms with Crippen molar-refractivity contribution >= 4 is 23.9 Å². The molecule has 1 unspecified atom stereocenters. The van der Waals surface area contributed by atoms with Gasteiger partial charge < -0.3 is 20.9 Å². The number of hydrogen-bond donors (Lipinski definition) is 3. The summed E-state index contributed by atoms with van der Waals surface area (Å²) in [5, 5.41) is 18.9. The molecule has 2 atom stereocenters. The first kappa shape index (κ1) is 30.6. The van der Waals surface area contributed by atoms with Crippen molar-refractivity contribution < 1.29 is 27.6 Å². The number of likely N-dealkylation sites (tertiary alicyclic amines) is 1. The number of nitriles is 1. The monoisotopic (exact) mass is 449 g/mol. The van der Waals surface area contributed by atoms with Crippen LogP contribution >= 0.6 is 0 Å². The van der Waals surface area contributed by atoms with Crippen LogP contribution in [-0.4, -0.2) is 60.7 Å². The lowest BCUT2D eigenvalue weighted by Gasteiger charge is -2.22. The summed E-state index contributed by atoms with van der Waals surface area (Å²) in [7, 11) is 0. The Labute approximate surface area is 182 Å². The van der Waals surface area contributed by atoms with Gasteiger partial charge in [0.2, 0.25) is 12.3 Å². The minimum Gasteiger partial charge on any atom is -0.340 e. The lowest BCUT2D eigenvalue weighted by molar-refractivity contribution is -0.174. The molecule has 1 fully saturated rings. The molecular formula is C20H34F3N5O3. The molecule has 3 amide bonds. The van der Waals surface area contributed by atoms with Crippen LogP contribution in [0.4, 0.5) is 13.2 Å². The first-order valence-electron chi connectivity index (χ1n) is 9.76. The van der Waals surface area contributed by atoms with Gasteiger partial charge in [0.25, 0.3) is 0 Å². The van der Waals surface area contributed by atoms with E-state index in [1.165, 1.54) is 11.8 Å². The van der Waals surface area contributed by atoms with Crippen LogP contribution in [0.3, 0.4) is 0 Å². The largest absolute Gasteiger partial charge is 0.471 e. The van der Waals surface area contributed by atoms with E-state index in [0.29, 0.717) is 19.5 Å². The Morgan fingerprint density at radius 3 is 2.06 bits per heavy atom.